The average molecular weight is 306 g/mol. The maximum Gasteiger partial charge on any atom is 0.164 e. The van der Waals surface area contributed by atoms with E-state index in [1.165, 1.54) is 31.2 Å². The Morgan fingerprint density at radius 1 is 1.09 bits per heavy atom. The van der Waals surface area contributed by atoms with Gasteiger partial charge in [0.2, 0.25) is 0 Å². The van der Waals surface area contributed by atoms with Gasteiger partial charge in [-0.05, 0) is 44.7 Å². The van der Waals surface area contributed by atoms with Gasteiger partial charge in [-0.1, -0.05) is 32.6 Å². The van der Waals surface area contributed by atoms with E-state index in [1.54, 1.807) is 7.11 Å². The second-order valence-corrected chi connectivity index (χ2v) is 6.74. The van der Waals surface area contributed by atoms with Crippen LogP contribution < -0.4 is 14.2 Å². The number of hydrogen-bond donors (Lipinski definition) is 0. The highest BCUT2D eigenvalue weighted by Gasteiger charge is 2.28. The summed E-state index contributed by atoms with van der Waals surface area (Å²) in [5.41, 5.74) is 1.13. The van der Waals surface area contributed by atoms with Crippen molar-refractivity contribution in [2.24, 2.45) is 0 Å². The Morgan fingerprint density at radius 2 is 1.86 bits per heavy atom. The third kappa shape index (κ3) is 4.56. The molecule has 3 heteroatoms. The van der Waals surface area contributed by atoms with E-state index in [1.807, 2.05) is 6.07 Å². The van der Waals surface area contributed by atoms with Gasteiger partial charge in [0.1, 0.15) is 11.4 Å². The van der Waals surface area contributed by atoms with Crippen molar-refractivity contribution in [3.63, 3.8) is 0 Å². The van der Waals surface area contributed by atoms with E-state index in [0.29, 0.717) is 0 Å². The lowest BCUT2D eigenvalue weighted by molar-refractivity contribution is 0.0840. The summed E-state index contributed by atoms with van der Waals surface area (Å²) in [6.45, 7) is 7.25. The van der Waals surface area contributed by atoms with E-state index in [4.69, 9.17) is 14.2 Å². The first-order chi connectivity index (χ1) is 10.6. The summed E-state index contributed by atoms with van der Waals surface area (Å²) < 4.78 is 17.5. The molecular formula is C19H30O3. The number of benzene rings is 1. The number of methoxy groups -OCH3 is 1. The molecule has 0 atom stereocenters. The zero-order valence-corrected chi connectivity index (χ0v) is 14.5. The molecule has 3 nitrogen and oxygen atoms in total. The summed E-state index contributed by atoms with van der Waals surface area (Å²) in [6.07, 6.45) is 8.28. The van der Waals surface area contributed by atoms with Gasteiger partial charge in [-0.2, -0.15) is 0 Å². The number of hydrogen-bond acceptors (Lipinski definition) is 3. The van der Waals surface area contributed by atoms with Gasteiger partial charge in [-0.3, -0.25) is 0 Å². The van der Waals surface area contributed by atoms with Crippen LogP contribution in [0, 0.1) is 0 Å². The Morgan fingerprint density at radius 3 is 2.59 bits per heavy atom. The number of rotatable bonds is 8. The highest BCUT2D eigenvalue weighted by atomic mass is 16.5. The highest BCUT2D eigenvalue weighted by molar-refractivity contribution is 5.51. The van der Waals surface area contributed by atoms with E-state index in [0.717, 1.165) is 43.1 Å². The van der Waals surface area contributed by atoms with Crippen LogP contribution in [-0.2, 0) is 6.42 Å². The van der Waals surface area contributed by atoms with E-state index in [9.17, 15) is 0 Å². The average Bonchev–Trinajstić information content (AvgIpc) is 2.49. The molecule has 2 rings (SSSR count). The van der Waals surface area contributed by atoms with Crippen LogP contribution >= 0.6 is 0 Å². The Labute approximate surface area is 135 Å². The lowest BCUT2D eigenvalue weighted by Crippen LogP contribution is -2.32. The Bertz CT molecular complexity index is 480. The first-order valence-corrected chi connectivity index (χ1v) is 8.58. The van der Waals surface area contributed by atoms with Crippen LogP contribution in [0.1, 0.15) is 64.9 Å². The van der Waals surface area contributed by atoms with Gasteiger partial charge >= 0.3 is 0 Å². The largest absolute Gasteiger partial charge is 0.493 e. The number of fused-ring (bicyclic) bond motifs is 1. The van der Waals surface area contributed by atoms with E-state index in [-0.39, 0.29) is 5.60 Å². The van der Waals surface area contributed by atoms with E-state index >= 15 is 0 Å². The molecule has 1 aromatic rings. The van der Waals surface area contributed by atoms with Gasteiger partial charge in [-0.25, -0.2) is 0 Å². The van der Waals surface area contributed by atoms with Crippen LogP contribution in [0.3, 0.4) is 0 Å². The minimum atomic E-state index is -0.0976. The fraction of sp³-hybridized carbons (Fsp3) is 0.684. The van der Waals surface area contributed by atoms with Gasteiger partial charge in [0, 0.05) is 6.07 Å². The normalized spacial score (nSPS) is 15.8. The lowest BCUT2D eigenvalue weighted by atomic mass is 9.94. The van der Waals surface area contributed by atoms with Gasteiger partial charge in [0.15, 0.2) is 11.5 Å². The molecule has 1 aliphatic heterocycles. The zero-order valence-electron chi connectivity index (χ0n) is 14.5. The molecule has 0 saturated heterocycles. The van der Waals surface area contributed by atoms with Crippen molar-refractivity contribution in [2.45, 2.75) is 71.3 Å². The van der Waals surface area contributed by atoms with Crippen molar-refractivity contribution in [1.82, 2.24) is 0 Å². The molecule has 0 saturated carbocycles. The smallest absolute Gasteiger partial charge is 0.164 e. The number of aryl methyl sites for hydroxylation is 1. The summed E-state index contributed by atoms with van der Waals surface area (Å²) in [5.74, 6) is 2.55. The van der Waals surface area contributed by atoms with Crippen LogP contribution in [0.25, 0.3) is 0 Å². The molecule has 0 aliphatic carbocycles. The van der Waals surface area contributed by atoms with Crippen LogP contribution in [0.4, 0.5) is 0 Å². The minimum absolute atomic E-state index is 0.0976. The first kappa shape index (κ1) is 17.0. The summed E-state index contributed by atoms with van der Waals surface area (Å²) in [4.78, 5) is 0. The van der Waals surface area contributed by atoms with Crippen molar-refractivity contribution < 1.29 is 14.2 Å². The molecule has 1 aromatic carbocycles. The fourth-order valence-electron chi connectivity index (χ4n) is 2.82. The highest BCUT2D eigenvalue weighted by Crippen LogP contribution is 2.40. The van der Waals surface area contributed by atoms with Crippen molar-refractivity contribution in [3.8, 4) is 17.2 Å². The third-order valence-corrected chi connectivity index (χ3v) is 4.23. The number of ether oxygens (including phenoxy) is 3. The van der Waals surface area contributed by atoms with Gasteiger partial charge in [0.25, 0.3) is 0 Å². The van der Waals surface area contributed by atoms with Crippen LogP contribution in [0.5, 0.6) is 17.2 Å². The topological polar surface area (TPSA) is 27.7 Å². The monoisotopic (exact) mass is 306 g/mol. The quantitative estimate of drug-likeness (QED) is 0.622. The Hall–Kier alpha value is -1.38. The molecule has 0 unspecified atom stereocenters. The fourth-order valence-corrected chi connectivity index (χ4v) is 2.82. The van der Waals surface area contributed by atoms with Gasteiger partial charge < -0.3 is 14.2 Å². The summed E-state index contributed by atoms with van der Waals surface area (Å²) in [5, 5.41) is 0. The predicted octanol–water partition coefficient (Wildman–Crippen LogP) is 5.15. The molecule has 22 heavy (non-hydrogen) atoms. The van der Waals surface area contributed by atoms with Crippen LogP contribution in [0.2, 0.25) is 0 Å². The molecule has 0 spiro atoms. The SMILES string of the molecule is CCCCCCCOc1cc2c(cc1OC)OC(C)(C)CC2. The third-order valence-electron chi connectivity index (χ3n) is 4.23. The lowest BCUT2D eigenvalue weighted by Gasteiger charge is -2.33. The molecule has 0 bridgehead atoms. The molecule has 0 fully saturated rings. The Kier molecular flexibility index (Phi) is 5.98. The Balaban J connectivity index is 1.97. The van der Waals surface area contributed by atoms with E-state index in [2.05, 4.69) is 26.8 Å². The summed E-state index contributed by atoms with van der Waals surface area (Å²) in [6, 6.07) is 4.07. The standard InChI is InChI=1S/C19H30O3/c1-5-6-7-8-9-12-21-18-13-15-10-11-19(2,3)22-16(15)14-17(18)20-4/h13-14H,5-12H2,1-4H3. The molecule has 0 aromatic heterocycles. The molecule has 1 aliphatic rings. The molecule has 0 radical (unpaired) electrons. The second-order valence-electron chi connectivity index (χ2n) is 6.74. The van der Waals surface area contributed by atoms with Crippen molar-refractivity contribution in [1.29, 1.82) is 0 Å². The molecule has 0 amide bonds. The molecule has 1 heterocycles. The van der Waals surface area contributed by atoms with Gasteiger partial charge in [0.05, 0.1) is 13.7 Å². The van der Waals surface area contributed by atoms with Crippen molar-refractivity contribution in [2.75, 3.05) is 13.7 Å². The van der Waals surface area contributed by atoms with Gasteiger partial charge in [-0.15, -0.1) is 0 Å². The van der Waals surface area contributed by atoms with Crippen molar-refractivity contribution in [3.05, 3.63) is 17.7 Å². The second kappa shape index (κ2) is 7.75. The van der Waals surface area contributed by atoms with Crippen LogP contribution in [-0.4, -0.2) is 19.3 Å². The summed E-state index contributed by atoms with van der Waals surface area (Å²) >= 11 is 0. The summed E-state index contributed by atoms with van der Waals surface area (Å²) in [7, 11) is 1.68. The molecule has 0 N–H and O–H groups in total. The molecular weight excluding hydrogens is 276 g/mol. The first-order valence-electron chi connectivity index (χ1n) is 8.58. The zero-order chi connectivity index (χ0) is 16.0. The maximum absolute atomic E-state index is 6.05. The van der Waals surface area contributed by atoms with Crippen LogP contribution in [0.15, 0.2) is 12.1 Å². The number of unbranched alkanes of at least 4 members (excludes halogenated alkanes) is 4. The van der Waals surface area contributed by atoms with E-state index < -0.39 is 0 Å². The minimum Gasteiger partial charge on any atom is -0.493 e. The molecule has 124 valence electrons. The predicted molar refractivity (Wildman–Crippen MR) is 90.3 cm³/mol. The van der Waals surface area contributed by atoms with Crippen molar-refractivity contribution >= 4 is 0 Å². The maximum atomic E-state index is 6.05.